The molecule has 2 aliphatic rings. The molecular formula is C16H30N4O4. The van der Waals surface area contributed by atoms with Crippen LogP contribution in [-0.4, -0.2) is 105 Å². The summed E-state index contributed by atoms with van der Waals surface area (Å²) in [6.07, 6.45) is 1.69. The van der Waals surface area contributed by atoms with Crippen LogP contribution in [0.5, 0.6) is 0 Å². The molecule has 138 valence electrons. The lowest BCUT2D eigenvalue weighted by Crippen LogP contribution is -2.44. The molecule has 0 atom stereocenters. The third-order valence-corrected chi connectivity index (χ3v) is 4.51. The van der Waals surface area contributed by atoms with Crippen molar-refractivity contribution in [1.82, 2.24) is 14.7 Å². The van der Waals surface area contributed by atoms with Gasteiger partial charge in [-0.25, -0.2) is 0 Å². The molecule has 0 aromatic rings. The maximum absolute atomic E-state index is 12.0. The van der Waals surface area contributed by atoms with Crippen LogP contribution in [0.4, 0.5) is 0 Å². The fourth-order valence-electron chi connectivity index (χ4n) is 3.09. The molecule has 2 fully saturated rings. The van der Waals surface area contributed by atoms with Crippen LogP contribution in [0.2, 0.25) is 0 Å². The fourth-order valence-corrected chi connectivity index (χ4v) is 3.09. The van der Waals surface area contributed by atoms with Gasteiger partial charge in [-0.05, 0) is 12.8 Å². The zero-order chi connectivity index (χ0) is 17.2. The Bertz CT molecular complexity index is 372. The topological polar surface area (TPSA) is 88.3 Å². The highest BCUT2D eigenvalue weighted by atomic mass is 16.5. The highest BCUT2D eigenvalue weighted by molar-refractivity contribution is 6.34. The van der Waals surface area contributed by atoms with Gasteiger partial charge in [0.25, 0.3) is 0 Å². The lowest BCUT2D eigenvalue weighted by Gasteiger charge is -2.29. The smallest absolute Gasteiger partial charge is 0.311 e. The van der Waals surface area contributed by atoms with E-state index in [4.69, 9.17) is 15.2 Å². The first kappa shape index (κ1) is 19.1. The predicted molar refractivity (Wildman–Crippen MR) is 89.5 cm³/mol. The molecule has 0 bridgehead atoms. The molecule has 0 unspecified atom stereocenters. The van der Waals surface area contributed by atoms with Crippen molar-refractivity contribution in [2.45, 2.75) is 12.8 Å². The molecule has 2 heterocycles. The van der Waals surface area contributed by atoms with Crippen molar-refractivity contribution >= 4 is 11.8 Å². The largest absolute Gasteiger partial charge is 0.379 e. The first-order valence-electron chi connectivity index (χ1n) is 8.86. The minimum Gasteiger partial charge on any atom is -0.379 e. The monoisotopic (exact) mass is 342 g/mol. The van der Waals surface area contributed by atoms with E-state index in [0.717, 1.165) is 78.5 Å². The van der Waals surface area contributed by atoms with E-state index in [2.05, 4.69) is 9.80 Å². The molecule has 8 heteroatoms. The Morgan fingerprint density at radius 2 is 1.25 bits per heavy atom. The van der Waals surface area contributed by atoms with Crippen LogP contribution in [0, 0.1) is 0 Å². The van der Waals surface area contributed by atoms with E-state index in [0.29, 0.717) is 13.1 Å². The summed E-state index contributed by atoms with van der Waals surface area (Å²) in [5, 5.41) is 0. The average Bonchev–Trinajstić information content (AvgIpc) is 2.61. The van der Waals surface area contributed by atoms with Crippen molar-refractivity contribution in [2.24, 2.45) is 5.73 Å². The van der Waals surface area contributed by atoms with Crippen molar-refractivity contribution < 1.29 is 19.1 Å². The van der Waals surface area contributed by atoms with Crippen molar-refractivity contribution in [2.75, 3.05) is 78.8 Å². The normalized spacial score (nSPS) is 20.0. The van der Waals surface area contributed by atoms with Gasteiger partial charge >= 0.3 is 11.8 Å². The molecule has 0 aromatic heterocycles. The molecule has 0 saturated carbocycles. The summed E-state index contributed by atoms with van der Waals surface area (Å²) >= 11 is 0. The number of ether oxygens (including phenoxy) is 2. The Balaban J connectivity index is 1.69. The number of primary amides is 1. The van der Waals surface area contributed by atoms with Gasteiger partial charge in [-0.3, -0.25) is 19.4 Å². The number of rotatable bonds is 8. The molecule has 0 spiro atoms. The van der Waals surface area contributed by atoms with E-state index in [-0.39, 0.29) is 0 Å². The van der Waals surface area contributed by atoms with Gasteiger partial charge in [0.15, 0.2) is 0 Å². The third kappa shape index (κ3) is 6.72. The van der Waals surface area contributed by atoms with Crippen LogP contribution in [-0.2, 0) is 19.1 Å². The molecule has 2 aliphatic heterocycles. The summed E-state index contributed by atoms with van der Waals surface area (Å²) in [6, 6.07) is 0. The van der Waals surface area contributed by atoms with E-state index < -0.39 is 11.8 Å². The Morgan fingerprint density at radius 3 is 1.62 bits per heavy atom. The lowest BCUT2D eigenvalue weighted by molar-refractivity contribution is -0.144. The number of hydrogen-bond acceptors (Lipinski definition) is 6. The van der Waals surface area contributed by atoms with Crippen molar-refractivity contribution in [3.8, 4) is 0 Å². The molecule has 2 saturated heterocycles. The van der Waals surface area contributed by atoms with E-state index in [1.54, 1.807) is 4.90 Å². The van der Waals surface area contributed by atoms with Gasteiger partial charge in [0.05, 0.1) is 26.4 Å². The second kappa shape index (κ2) is 10.6. The second-order valence-corrected chi connectivity index (χ2v) is 6.27. The Labute approximate surface area is 143 Å². The van der Waals surface area contributed by atoms with Crippen molar-refractivity contribution in [1.29, 1.82) is 0 Å². The average molecular weight is 342 g/mol. The molecule has 0 aromatic carbocycles. The van der Waals surface area contributed by atoms with Crippen LogP contribution >= 0.6 is 0 Å². The predicted octanol–water partition coefficient (Wildman–Crippen LogP) is -1.26. The number of nitrogens with two attached hydrogens (primary N) is 1. The first-order valence-corrected chi connectivity index (χ1v) is 8.86. The SMILES string of the molecule is NC(=O)C(=O)N(CCCN1CCOCC1)CCCN1CCOCC1. The van der Waals surface area contributed by atoms with Crippen molar-refractivity contribution in [3.05, 3.63) is 0 Å². The van der Waals surface area contributed by atoms with Crippen LogP contribution < -0.4 is 5.73 Å². The highest BCUT2D eigenvalue weighted by Gasteiger charge is 2.20. The summed E-state index contributed by atoms with van der Waals surface area (Å²) in [4.78, 5) is 29.5. The van der Waals surface area contributed by atoms with E-state index >= 15 is 0 Å². The Kier molecular flexibility index (Phi) is 8.44. The van der Waals surface area contributed by atoms with Gasteiger partial charge in [-0.1, -0.05) is 0 Å². The summed E-state index contributed by atoms with van der Waals surface area (Å²) < 4.78 is 10.7. The molecular weight excluding hydrogens is 312 g/mol. The summed E-state index contributed by atoms with van der Waals surface area (Å²) in [6.45, 7) is 9.76. The number of carbonyl (C=O) groups is 2. The van der Waals surface area contributed by atoms with Crippen LogP contribution in [0.3, 0.4) is 0 Å². The summed E-state index contributed by atoms with van der Waals surface area (Å²) in [5.74, 6) is -1.44. The number of hydrogen-bond donors (Lipinski definition) is 1. The Hall–Kier alpha value is -1.22. The second-order valence-electron chi connectivity index (χ2n) is 6.27. The minimum atomic E-state index is -0.868. The lowest BCUT2D eigenvalue weighted by atomic mass is 10.2. The highest BCUT2D eigenvalue weighted by Crippen LogP contribution is 2.03. The number of carbonyl (C=O) groups excluding carboxylic acids is 2. The van der Waals surface area contributed by atoms with Gasteiger partial charge in [0.2, 0.25) is 0 Å². The molecule has 0 radical (unpaired) electrons. The fraction of sp³-hybridized carbons (Fsp3) is 0.875. The summed E-state index contributed by atoms with van der Waals surface area (Å²) in [5.41, 5.74) is 5.18. The quantitative estimate of drug-likeness (QED) is 0.554. The van der Waals surface area contributed by atoms with Crippen LogP contribution in [0.1, 0.15) is 12.8 Å². The van der Waals surface area contributed by atoms with Gasteiger partial charge in [-0.15, -0.1) is 0 Å². The van der Waals surface area contributed by atoms with Crippen molar-refractivity contribution in [3.63, 3.8) is 0 Å². The molecule has 2 N–H and O–H groups in total. The van der Waals surface area contributed by atoms with E-state index in [1.165, 1.54) is 0 Å². The van der Waals surface area contributed by atoms with Crippen LogP contribution in [0.15, 0.2) is 0 Å². The Morgan fingerprint density at radius 1 is 0.833 bits per heavy atom. The molecule has 0 aliphatic carbocycles. The zero-order valence-corrected chi connectivity index (χ0v) is 14.5. The zero-order valence-electron chi connectivity index (χ0n) is 14.5. The maximum Gasteiger partial charge on any atom is 0.311 e. The van der Waals surface area contributed by atoms with E-state index in [9.17, 15) is 9.59 Å². The third-order valence-electron chi connectivity index (χ3n) is 4.51. The van der Waals surface area contributed by atoms with Gasteiger partial charge < -0.3 is 20.1 Å². The molecule has 2 amide bonds. The molecule has 24 heavy (non-hydrogen) atoms. The maximum atomic E-state index is 12.0. The van der Waals surface area contributed by atoms with Gasteiger partial charge in [0.1, 0.15) is 0 Å². The summed E-state index contributed by atoms with van der Waals surface area (Å²) in [7, 11) is 0. The molecule has 8 nitrogen and oxygen atoms in total. The van der Waals surface area contributed by atoms with Gasteiger partial charge in [0, 0.05) is 52.4 Å². The van der Waals surface area contributed by atoms with Gasteiger partial charge in [-0.2, -0.15) is 0 Å². The number of morpholine rings is 2. The minimum absolute atomic E-state index is 0.570. The standard InChI is InChI=1S/C16H30N4O4/c17-15(21)16(22)20(5-1-3-18-7-11-23-12-8-18)6-2-4-19-9-13-24-14-10-19/h1-14H2,(H2,17,21). The van der Waals surface area contributed by atoms with E-state index in [1.807, 2.05) is 0 Å². The number of amides is 2. The first-order chi connectivity index (χ1) is 11.7. The molecule has 2 rings (SSSR count). The van der Waals surface area contributed by atoms with Crippen LogP contribution in [0.25, 0.3) is 0 Å². The number of nitrogens with zero attached hydrogens (tertiary/aromatic N) is 3.